The predicted molar refractivity (Wildman–Crippen MR) is 70.1 cm³/mol. The summed E-state index contributed by atoms with van der Waals surface area (Å²) in [5, 5.41) is 8.10. The fourth-order valence-electron chi connectivity index (χ4n) is 2.52. The van der Waals surface area contributed by atoms with Crippen molar-refractivity contribution in [2.75, 3.05) is 5.32 Å². The normalized spacial score (nSPS) is 13.2. The monoisotopic (exact) mass is 227 g/mol. The Hall–Kier alpha value is -1.77. The second kappa shape index (κ2) is 3.62. The smallest absolute Gasteiger partial charge is 0.0993 e. The number of aryl methyl sites for hydroxylation is 1. The van der Waals surface area contributed by atoms with Crippen molar-refractivity contribution in [1.29, 1.82) is 0 Å². The van der Waals surface area contributed by atoms with Crippen LogP contribution < -0.4 is 5.32 Å². The van der Waals surface area contributed by atoms with Crippen LogP contribution >= 0.6 is 0 Å². The third-order valence-electron chi connectivity index (χ3n) is 3.33. The molecular formula is C14H17N3. The summed E-state index contributed by atoms with van der Waals surface area (Å²) in [4.78, 5) is 0. The van der Waals surface area contributed by atoms with Crippen LogP contribution in [0, 0.1) is 0 Å². The van der Waals surface area contributed by atoms with Crippen molar-refractivity contribution in [1.82, 2.24) is 9.78 Å². The number of rotatable bonds is 1. The van der Waals surface area contributed by atoms with E-state index in [4.69, 9.17) is 0 Å². The summed E-state index contributed by atoms with van der Waals surface area (Å²) in [6.07, 6.45) is 2.09. The summed E-state index contributed by atoms with van der Waals surface area (Å²) in [5.74, 6) is 0.530. The zero-order valence-corrected chi connectivity index (χ0v) is 10.5. The first kappa shape index (κ1) is 10.4. The molecule has 0 bridgehead atoms. The molecule has 3 rings (SSSR count). The maximum Gasteiger partial charge on any atom is 0.0993 e. The van der Waals surface area contributed by atoms with E-state index in [0.717, 1.165) is 12.2 Å². The Kier molecular flexibility index (Phi) is 2.21. The molecule has 17 heavy (non-hydrogen) atoms. The minimum Gasteiger partial charge on any atom is -0.380 e. The molecule has 0 radical (unpaired) electrons. The largest absolute Gasteiger partial charge is 0.380 e. The summed E-state index contributed by atoms with van der Waals surface area (Å²) in [5.41, 5.74) is 6.27. The van der Waals surface area contributed by atoms with E-state index in [2.05, 4.69) is 48.7 Å². The number of nitrogens with zero attached hydrogens (tertiary/aromatic N) is 2. The fraction of sp³-hybridized carbons (Fsp3) is 0.357. The Bertz CT molecular complexity index is 567. The van der Waals surface area contributed by atoms with Gasteiger partial charge in [0, 0.05) is 36.6 Å². The van der Waals surface area contributed by atoms with Gasteiger partial charge in [-0.1, -0.05) is 32.0 Å². The average molecular weight is 227 g/mol. The number of anilines is 1. The van der Waals surface area contributed by atoms with E-state index < -0.39 is 0 Å². The van der Waals surface area contributed by atoms with Crippen molar-refractivity contribution in [2.45, 2.75) is 26.3 Å². The number of hydrogen-bond donors (Lipinski definition) is 1. The first-order chi connectivity index (χ1) is 8.16. The summed E-state index contributed by atoms with van der Waals surface area (Å²) < 4.78 is 1.89. The van der Waals surface area contributed by atoms with Crippen molar-refractivity contribution in [3.63, 3.8) is 0 Å². The third-order valence-corrected chi connectivity index (χ3v) is 3.33. The average Bonchev–Trinajstić information content (AvgIpc) is 2.68. The third kappa shape index (κ3) is 1.54. The van der Waals surface area contributed by atoms with E-state index >= 15 is 0 Å². The van der Waals surface area contributed by atoms with Crippen molar-refractivity contribution in [3.05, 3.63) is 35.5 Å². The lowest BCUT2D eigenvalue weighted by atomic mass is 9.93. The second-order valence-corrected chi connectivity index (χ2v) is 4.95. The van der Waals surface area contributed by atoms with Crippen LogP contribution in [0.2, 0.25) is 0 Å². The van der Waals surface area contributed by atoms with Crippen LogP contribution in [0.25, 0.3) is 11.3 Å². The van der Waals surface area contributed by atoms with Crippen LogP contribution in [0.15, 0.2) is 24.4 Å². The molecule has 3 heteroatoms. The highest BCUT2D eigenvalue weighted by Crippen LogP contribution is 2.38. The minimum atomic E-state index is 0.530. The van der Waals surface area contributed by atoms with Gasteiger partial charge in [-0.2, -0.15) is 5.10 Å². The Labute approximate surface area is 101 Å². The number of hydrogen-bond acceptors (Lipinski definition) is 2. The van der Waals surface area contributed by atoms with E-state index in [1.54, 1.807) is 0 Å². The Morgan fingerprint density at radius 2 is 2.18 bits per heavy atom. The van der Waals surface area contributed by atoms with Crippen molar-refractivity contribution >= 4 is 5.69 Å². The Morgan fingerprint density at radius 1 is 1.35 bits per heavy atom. The lowest BCUT2D eigenvalue weighted by Gasteiger charge is -2.22. The number of aromatic nitrogens is 2. The van der Waals surface area contributed by atoms with Gasteiger partial charge < -0.3 is 5.32 Å². The van der Waals surface area contributed by atoms with Gasteiger partial charge in [0.1, 0.15) is 0 Å². The molecule has 1 aromatic heterocycles. The zero-order valence-electron chi connectivity index (χ0n) is 10.5. The van der Waals surface area contributed by atoms with Gasteiger partial charge in [-0.25, -0.2) is 0 Å². The highest BCUT2D eigenvalue weighted by atomic mass is 15.3. The quantitative estimate of drug-likeness (QED) is 0.811. The molecule has 2 heterocycles. The second-order valence-electron chi connectivity index (χ2n) is 4.95. The number of para-hydroxylation sites is 1. The maximum absolute atomic E-state index is 4.57. The highest BCUT2D eigenvalue weighted by Gasteiger charge is 2.21. The molecule has 0 fully saturated rings. The SMILES string of the molecule is CC(C)c1cccc2c1NCc1cn(C)nc1-2. The van der Waals surface area contributed by atoms with E-state index in [1.165, 1.54) is 22.4 Å². The molecule has 0 unspecified atom stereocenters. The summed E-state index contributed by atoms with van der Waals surface area (Å²) in [7, 11) is 1.98. The molecule has 0 atom stereocenters. The Morgan fingerprint density at radius 3 is 2.94 bits per heavy atom. The van der Waals surface area contributed by atoms with Gasteiger partial charge in [0.25, 0.3) is 0 Å². The number of benzene rings is 1. The standard InChI is InChI=1S/C14H17N3/c1-9(2)11-5-4-6-12-13-10(7-15-14(11)12)8-17(3)16-13/h4-6,8-9,15H,7H2,1-3H3. The van der Waals surface area contributed by atoms with E-state index in [9.17, 15) is 0 Å². The molecule has 0 spiro atoms. The number of fused-ring (bicyclic) bond motifs is 3. The predicted octanol–water partition coefficient (Wildman–Crippen LogP) is 3.14. The molecule has 0 amide bonds. The van der Waals surface area contributed by atoms with Gasteiger partial charge in [0.2, 0.25) is 0 Å². The Balaban J connectivity index is 2.23. The molecule has 1 aromatic carbocycles. The van der Waals surface area contributed by atoms with Crippen LogP contribution in [0.5, 0.6) is 0 Å². The summed E-state index contributed by atoms with van der Waals surface area (Å²) in [6.45, 7) is 5.33. The van der Waals surface area contributed by atoms with Gasteiger partial charge in [-0.05, 0) is 11.5 Å². The van der Waals surface area contributed by atoms with E-state index in [0.29, 0.717) is 5.92 Å². The molecule has 0 saturated heterocycles. The van der Waals surface area contributed by atoms with Crippen LogP contribution in [0.3, 0.4) is 0 Å². The molecule has 1 aliphatic rings. The summed E-state index contributed by atoms with van der Waals surface area (Å²) >= 11 is 0. The maximum atomic E-state index is 4.57. The molecule has 3 nitrogen and oxygen atoms in total. The molecule has 2 aromatic rings. The molecule has 0 aliphatic carbocycles. The van der Waals surface area contributed by atoms with Gasteiger partial charge >= 0.3 is 0 Å². The van der Waals surface area contributed by atoms with E-state index in [-0.39, 0.29) is 0 Å². The van der Waals surface area contributed by atoms with Crippen LogP contribution in [-0.2, 0) is 13.6 Å². The van der Waals surface area contributed by atoms with Crippen LogP contribution in [0.4, 0.5) is 5.69 Å². The first-order valence-corrected chi connectivity index (χ1v) is 6.06. The molecule has 1 aliphatic heterocycles. The fourth-order valence-corrected chi connectivity index (χ4v) is 2.52. The molecule has 88 valence electrons. The number of nitrogens with one attached hydrogen (secondary N) is 1. The van der Waals surface area contributed by atoms with Gasteiger partial charge in [-0.15, -0.1) is 0 Å². The van der Waals surface area contributed by atoms with Gasteiger partial charge in [0.15, 0.2) is 0 Å². The van der Waals surface area contributed by atoms with Gasteiger partial charge in [-0.3, -0.25) is 4.68 Å². The van der Waals surface area contributed by atoms with Crippen molar-refractivity contribution in [3.8, 4) is 11.3 Å². The van der Waals surface area contributed by atoms with Gasteiger partial charge in [0.05, 0.1) is 5.69 Å². The lowest BCUT2D eigenvalue weighted by molar-refractivity contribution is 0.770. The van der Waals surface area contributed by atoms with Crippen LogP contribution in [-0.4, -0.2) is 9.78 Å². The summed E-state index contributed by atoms with van der Waals surface area (Å²) in [6, 6.07) is 6.48. The molecule has 0 saturated carbocycles. The highest BCUT2D eigenvalue weighted by molar-refractivity contribution is 5.82. The van der Waals surface area contributed by atoms with Crippen LogP contribution in [0.1, 0.15) is 30.9 Å². The molecular weight excluding hydrogens is 210 g/mol. The lowest BCUT2D eigenvalue weighted by Crippen LogP contribution is -2.10. The minimum absolute atomic E-state index is 0.530. The topological polar surface area (TPSA) is 29.9 Å². The van der Waals surface area contributed by atoms with Crippen molar-refractivity contribution in [2.24, 2.45) is 7.05 Å². The first-order valence-electron chi connectivity index (χ1n) is 6.06. The molecule has 1 N–H and O–H groups in total. The van der Waals surface area contributed by atoms with Crippen molar-refractivity contribution < 1.29 is 0 Å². The van der Waals surface area contributed by atoms with E-state index in [1.807, 2.05) is 11.7 Å². The zero-order chi connectivity index (χ0) is 12.0.